The van der Waals surface area contributed by atoms with Crippen molar-refractivity contribution in [1.82, 2.24) is 19.1 Å². The topological polar surface area (TPSA) is 106 Å². The Balaban J connectivity index is 1.59. The Hall–Kier alpha value is -2.79. The summed E-state index contributed by atoms with van der Waals surface area (Å²) >= 11 is 6.23. The van der Waals surface area contributed by atoms with E-state index in [-0.39, 0.29) is 28.7 Å². The first-order chi connectivity index (χ1) is 14.9. The van der Waals surface area contributed by atoms with Crippen LogP contribution in [0.2, 0.25) is 5.02 Å². The number of nitrogens with zero attached hydrogens (tertiary/aromatic N) is 4. The SMILES string of the molecule is Cc1c(C(=O)Nc2cc(S(=O)(=O)N3CCOCC3)ccc2Cl)cnn1-c1ccccn1. The van der Waals surface area contributed by atoms with Crippen LogP contribution in [0.4, 0.5) is 5.69 Å². The molecule has 1 saturated heterocycles. The molecule has 0 bridgehead atoms. The number of sulfonamides is 1. The molecule has 9 nitrogen and oxygen atoms in total. The van der Waals surface area contributed by atoms with Gasteiger partial charge < -0.3 is 10.1 Å². The second-order valence-corrected chi connectivity index (χ2v) is 9.20. The average molecular weight is 462 g/mol. The number of nitrogens with one attached hydrogen (secondary N) is 1. The Morgan fingerprint density at radius 2 is 1.97 bits per heavy atom. The molecule has 1 fully saturated rings. The maximum Gasteiger partial charge on any atom is 0.259 e. The number of carbonyl (C=O) groups excluding carboxylic acids is 1. The predicted octanol–water partition coefficient (Wildman–Crippen LogP) is 2.50. The van der Waals surface area contributed by atoms with E-state index in [4.69, 9.17) is 16.3 Å². The summed E-state index contributed by atoms with van der Waals surface area (Å²) in [6.45, 7) is 2.99. The fourth-order valence-electron chi connectivity index (χ4n) is 3.23. The first-order valence-electron chi connectivity index (χ1n) is 9.53. The number of aromatic nitrogens is 3. The number of amides is 1. The Bertz CT molecular complexity index is 1210. The minimum Gasteiger partial charge on any atom is -0.379 e. The summed E-state index contributed by atoms with van der Waals surface area (Å²) in [4.78, 5) is 17.2. The minimum atomic E-state index is -3.72. The molecule has 1 aromatic carbocycles. The molecule has 3 heterocycles. The number of morpholine rings is 1. The van der Waals surface area contributed by atoms with E-state index in [1.165, 1.54) is 28.7 Å². The number of halogens is 1. The van der Waals surface area contributed by atoms with E-state index >= 15 is 0 Å². The normalized spacial score (nSPS) is 15.0. The van der Waals surface area contributed by atoms with Gasteiger partial charge in [0.2, 0.25) is 10.0 Å². The molecule has 1 amide bonds. The van der Waals surface area contributed by atoms with Crippen molar-refractivity contribution >= 4 is 33.2 Å². The molecule has 162 valence electrons. The lowest BCUT2D eigenvalue weighted by Gasteiger charge is -2.26. The third-order valence-electron chi connectivity index (χ3n) is 4.91. The summed E-state index contributed by atoms with van der Waals surface area (Å²) in [5.74, 6) is 0.123. The number of benzene rings is 1. The second kappa shape index (κ2) is 8.75. The van der Waals surface area contributed by atoms with E-state index in [1.807, 2.05) is 6.07 Å². The van der Waals surface area contributed by atoms with Crippen molar-refractivity contribution in [3.63, 3.8) is 0 Å². The Morgan fingerprint density at radius 3 is 2.68 bits per heavy atom. The average Bonchev–Trinajstić information content (AvgIpc) is 3.17. The zero-order valence-electron chi connectivity index (χ0n) is 16.7. The molecule has 0 aliphatic carbocycles. The maximum absolute atomic E-state index is 12.9. The van der Waals surface area contributed by atoms with Crippen LogP contribution in [0.15, 0.2) is 53.7 Å². The van der Waals surface area contributed by atoms with Crippen LogP contribution < -0.4 is 5.32 Å². The van der Waals surface area contributed by atoms with Gasteiger partial charge in [-0.05, 0) is 37.3 Å². The van der Waals surface area contributed by atoms with Crippen molar-refractivity contribution in [2.75, 3.05) is 31.6 Å². The monoisotopic (exact) mass is 461 g/mol. The lowest BCUT2D eigenvalue weighted by molar-refractivity contribution is 0.0730. The van der Waals surface area contributed by atoms with Gasteiger partial charge in [-0.15, -0.1) is 0 Å². The van der Waals surface area contributed by atoms with Gasteiger partial charge in [0.05, 0.1) is 46.3 Å². The number of hydrogen-bond acceptors (Lipinski definition) is 6. The Kier molecular flexibility index (Phi) is 6.05. The molecule has 1 aliphatic heterocycles. The highest BCUT2D eigenvalue weighted by atomic mass is 35.5. The predicted molar refractivity (Wildman–Crippen MR) is 115 cm³/mol. The Labute approximate surface area is 184 Å². The fraction of sp³-hybridized carbons (Fsp3) is 0.250. The first-order valence-corrected chi connectivity index (χ1v) is 11.3. The van der Waals surface area contributed by atoms with Gasteiger partial charge in [0.25, 0.3) is 5.91 Å². The molecule has 1 aliphatic rings. The third kappa shape index (κ3) is 4.33. The van der Waals surface area contributed by atoms with Crippen molar-refractivity contribution in [3.8, 4) is 5.82 Å². The number of pyridine rings is 1. The van der Waals surface area contributed by atoms with Gasteiger partial charge in [-0.1, -0.05) is 17.7 Å². The van der Waals surface area contributed by atoms with Gasteiger partial charge in [-0.2, -0.15) is 9.40 Å². The highest BCUT2D eigenvalue weighted by Crippen LogP contribution is 2.28. The summed E-state index contributed by atoms with van der Waals surface area (Å²) in [6, 6.07) is 9.63. The van der Waals surface area contributed by atoms with Crippen molar-refractivity contribution in [2.45, 2.75) is 11.8 Å². The van der Waals surface area contributed by atoms with Crippen molar-refractivity contribution < 1.29 is 17.9 Å². The molecule has 0 saturated carbocycles. The van der Waals surface area contributed by atoms with Gasteiger partial charge in [0.1, 0.15) is 0 Å². The largest absolute Gasteiger partial charge is 0.379 e. The zero-order valence-corrected chi connectivity index (χ0v) is 18.2. The maximum atomic E-state index is 12.9. The highest BCUT2D eigenvalue weighted by Gasteiger charge is 2.27. The van der Waals surface area contributed by atoms with Crippen LogP contribution in [0.5, 0.6) is 0 Å². The van der Waals surface area contributed by atoms with Gasteiger partial charge >= 0.3 is 0 Å². The molecule has 4 rings (SSSR count). The second-order valence-electron chi connectivity index (χ2n) is 6.86. The summed E-state index contributed by atoms with van der Waals surface area (Å²) in [7, 11) is -3.72. The van der Waals surface area contributed by atoms with Crippen LogP contribution in [0, 0.1) is 6.92 Å². The molecule has 0 radical (unpaired) electrons. The zero-order chi connectivity index (χ0) is 22.0. The summed E-state index contributed by atoms with van der Waals surface area (Å²) in [5.41, 5.74) is 1.11. The highest BCUT2D eigenvalue weighted by molar-refractivity contribution is 7.89. The molecule has 0 unspecified atom stereocenters. The molecule has 2 aromatic heterocycles. The van der Waals surface area contributed by atoms with Crippen molar-refractivity contribution in [2.24, 2.45) is 0 Å². The van der Waals surface area contributed by atoms with Crippen LogP contribution in [-0.2, 0) is 14.8 Å². The molecule has 0 spiro atoms. The minimum absolute atomic E-state index is 0.0509. The first kappa shape index (κ1) is 21.4. The van der Waals surface area contributed by atoms with E-state index in [0.29, 0.717) is 30.3 Å². The third-order valence-corrected chi connectivity index (χ3v) is 7.14. The van der Waals surface area contributed by atoms with Gasteiger partial charge in [0.15, 0.2) is 5.82 Å². The molecule has 1 N–H and O–H groups in total. The van der Waals surface area contributed by atoms with Crippen molar-refractivity contribution in [1.29, 1.82) is 0 Å². The summed E-state index contributed by atoms with van der Waals surface area (Å²) < 4.78 is 34.0. The molecule has 11 heteroatoms. The summed E-state index contributed by atoms with van der Waals surface area (Å²) in [5, 5.41) is 7.16. The van der Waals surface area contributed by atoms with E-state index in [0.717, 1.165) is 0 Å². The number of rotatable bonds is 5. The molecule has 0 atom stereocenters. The number of hydrogen-bond donors (Lipinski definition) is 1. The number of ether oxygens (including phenoxy) is 1. The molecule has 31 heavy (non-hydrogen) atoms. The van der Waals surface area contributed by atoms with E-state index < -0.39 is 15.9 Å². The van der Waals surface area contributed by atoms with Crippen LogP contribution >= 0.6 is 11.6 Å². The lowest BCUT2D eigenvalue weighted by atomic mass is 10.2. The molecule has 3 aromatic rings. The molecular formula is C20H20ClN5O4S. The fourth-order valence-corrected chi connectivity index (χ4v) is 4.83. The van der Waals surface area contributed by atoms with Crippen LogP contribution in [0.3, 0.4) is 0 Å². The van der Waals surface area contributed by atoms with Gasteiger partial charge in [-0.25, -0.2) is 18.1 Å². The van der Waals surface area contributed by atoms with E-state index in [1.54, 1.807) is 29.9 Å². The number of carbonyl (C=O) groups is 1. The van der Waals surface area contributed by atoms with Crippen LogP contribution in [0.25, 0.3) is 5.82 Å². The van der Waals surface area contributed by atoms with Crippen LogP contribution in [0.1, 0.15) is 16.1 Å². The van der Waals surface area contributed by atoms with E-state index in [9.17, 15) is 13.2 Å². The van der Waals surface area contributed by atoms with Crippen molar-refractivity contribution in [3.05, 3.63) is 65.1 Å². The van der Waals surface area contributed by atoms with E-state index in [2.05, 4.69) is 15.4 Å². The van der Waals surface area contributed by atoms with Crippen LogP contribution in [-0.4, -0.2) is 59.7 Å². The smallest absolute Gasteiger partial charge is 0.259 e. The number of anilines is 1. The quantitative estimate of drug-likeness (QED) is 0.625. The standard InChI is InChI=1S/C20H20ClN5O4S/c1-14-16(13-23-26(14)19-4-2-3-7-22-19)20(27)24-18-12-15(5-6-17(18)21)31(28,29)25-8-10-30-11-9-25/h2-7,12-13H,8-11H2,1H3,(H,24,27). The van der Waals surface area contributed by atoms with Gasteiger partial charge in [-0.3, -0.25) is 4.79 Å². The lowest BCUT2D eigenvalue weighted by Crippen LogP contribution is -2.40. The van der Waals surface area contributed by atoms with Gasteiger partial charge in [0, 0.05) is 19.3 Å². The molecular weight excluding hydrogens is 442 g/mol. The summed E-state index contributed by atoms with van der Waals surface area (Å²) in [6.07, 6.45) is 3.07. The Morgan fingerprint density at radius 1 is 1.19 bits per heavy atom.